The summed E-state index contributed by atoms with van der Waals surface area (Å²) in [5.74, 6) is -0.645. The van der Waals surface area contributed by atoms with Crippen molar-refractivity contribution in [3.05, 3.63) is 42.1 Å². The first-order chi connectivity index (χ1) is 10.9. The van der Waals surface area contributed by atoms with Crippen molar-refractivity contribution < 1.29 is 18.0 Å². The maximum atomic E-state index is 13.2. The first-order valence-corrected chi connectivity index (χ1v) is 7.34. The Labute approximate surface area is 131 Å². The lowest BCUT2D eigenvalue weighted by Crippen LogP contribution is -2.56. The highest BCUT2D eigenvalue weighted by molar-refractivity contribution is 5.98. The number of rotatable bonds is 1. The molecule has 7 heteroatoms. The van der Waals surface area contributed by atoms with Gasteiger partial charge in [-0.15, -0.1) is 0 Å². The van der Waals surface area contributed by atoms with Crippen molar-refractivity contribution in [2.24, 2.45) is 5.73 Å². The summed E-state index contributed by atoms with van der Waals surface area (Å²) in [6, 6.07) is 5.98. The molecule has 23 heavy (non-hydrogen) atoms. The fourth-order valence-electron chi connectivity index (χ4n) is 2.94. The molecule has 0 bridgehead atoms. The average molecular weight is 323 g/mol. The topological polar surface area (TPSA) is 59.2 Å². The molecule has 0 spiro atoms. The van der Waals surface area contributed by atoms with Crippen LogP contribution in [0.15, 0.2) is 36.5 Å². The number of fused-ring (bicyclic) bond motifs is 1. The fourth-order valence-corrected chi connectivity index (χ4v) is 2.94. The van der Waals surface area contributed by atoms with Crippen LogP contribution in [0.5, 0.6) is 0 Å². The van der Waals surface area contributed by atoms with Gasteiger partial charge < -0.3 is 10.6 Å². The van der Waals surface area contributed by atoms with Crippen LogP contribution in [0.3, 0.4) is 0 Å². The molecule has 0 aliphatic carbocycles. The third kappa shape index (κ3) is 3.14. The van der Waals surface area contributed by atoms with Crippen molar-refractivity contribution >= 4 is 16.8 Å². The molecule has 3 rings (SSSR count). The normalized spacial score (nSPS) is 22.3. The van der Waals surface area contributed by atoms with E-state index in [2.05, 4.69) is 4.98 Å². The van der Waals surface area contributed by atoms with Gasteiger partial charge in [0.2, 0.25) is 0 Å². The molecular formula is C16H16F3N3O. The summed E-state index contributed by atoms with van der Waals surface area (Å²) >= 11 is 0. The number of amides is 1. The van der Waals surface area contributed by atoms with Crippen molar-refractivity contribution in [2.75, 3.05) is 6.54 Å². The number of hydrogen-bond acceptors (Lipinski definition) is 3. The SMILES string of the molecule is N[C@@H]1CC[C@H](C(F)(F)F)N(C(=O)c2ccc3ncccc3c2)C1. The van der Waals surface area contributed by atoms with Crippen molar-refractivity contribution in [3.63, 3.8) is 0 Å². The minimum absolute atomic E-state index is 0.0892. The minimum atomic E-state index is -4.45. The van der Waals surface area contributed by atoms with E-state index in [1.54, 1.807) is 30.5 Å². The second-order valence-electron chi connectivity index (χ2n) is 5.76. The second kappa shape index (κ2) is 5.81. The van der Waals surface area contributed by atoms with E-state index in [1.165, 1.54) is 6.07 Å². The van der Waals surface area contributed by atoms with Crippen LogP contribution in [0.2, 0.25) is 0 Å². The van der Waals surface area contributed by atoms with Crippen LogP contribution in [0.25, 0.3) is 10.9 Å². The number of likely N-dealkylation sites (tertiary alicyclic amines) is 1. The lowest BCUT2D eigenvalue weighted by Gasteiger charge is -2.39. The molecular weight excluding hydrogens is 307 g/mol. The van der Waals surface area contributed by atoms with Crippen LogP contribution in [-0.4, -0.2) is 40.6 Å². The minimum Gasteiger partial charge on any atom is -0.326 e. The molecule has 0 saturated carbocycles. The molecule has 0 unspecified atom stereocenters. The number of pyridine rings is 1. The van der Waals surface area contributed by atoms with E-state index in [0.29, 0.717) is 10.9 Å². The molecule has 1 aliphatic rings. The van der Waals surface area contributed by atoms with Gasteiger partial charge in [-0.1, -0.05) is 6.07 Å². The van der Waals surface area contributed by atoms with Gasteiger partial charge in [-0.3, -0.25) is 9.78 Å². The highest BCUT2D eigenvalue weighted by Gasteiger charge is 2.47. The number of hydrogen-bond donors (Lipinski definition) is 1. The van der Waals surface area contributed by atoms with Gasteiger partial charge in [0, 0.05) is 29.7 Å². The lowest BCUT2D eigenvalue weighted by molar-refractivity contribution is -0.184. The maximum Gasteiger partial charge on any atom is 0.408 e. The van der Waals surface area contributed by atoms with Crippen LogP contribution in [0.1, 0.15) is 23.2 Å². The molecule has 1 aromatic carbocycles. The standard InChI is InChI=1S/C16H16F3N3O/c17-16(18,19)14-6-4-12(20)9-22(14)15(23)11-3-5-13-10(8-11)2-1-7-21-13/h1-3,5,7-8,12,14H,4,6,9,20H2/t12-,14-/m1/s1. The predicted octanol–water partition coefficient (Wildman–Crippen LogP) is 2.73. The van der Waals surface area contributed by atoms with E-state index in [9.17, 15) is 18.0 Å². The maximum absolute atomic E-state index is 13.2. The molecule has 2 atom stereocenters. The largest absolute Gasteiger partial charge is 0.408 e. The van der Waals surface area contributed by atoms with Gasteiger partial charge in [0.1, 0.15) is 6.04 Å². The van der Waals surface area contributed by atoms with Gasteiger partial charge in [-0.2, -0.15) is 13.2 Å². The number of alkyl halides is 3. The Balaban J connectivity index is 1.94. The van der Waals surface area contributed by atoms with Crippen LogP contribution in [0.4, 0.5) is 13.2 Å². The van der Waals surface area contributed by atoms with E-state index in [4.69, 9.17) is 5.73 Å². The molecule has 2 aromatic rings. The van der Waals surface area contributed by atoms with E-state index in [-0.39, 0.29) is 24.9 Å². The average Bonchev–Trinajstić information content (AvgIpc) is 2.52. The van der Waals surface area contributed by atoms with Crippen molar-refractivity contribution in [1.82, 2.24) is 9.88 Å². The molecule has 1 aromatic heterocycles. The molecule has 1 fully saturated rings. The van der Waals surface area contributed by atoms with Crippen LogP contribution in [0, 0.1) is 0 Å². The van der Waals surface area contributed by atoms with Gasteiger partial charge in [0.15, 0.2) is 0 Å². The third-order valence-corrected chi connectivity index (χ3v) is 4.11. The Morgan fingerprint density at radius 2 is 2.04 bits per heavy atom. The summed E-state index contributed by atoms with van der Waals surface area (Å²) < 4.78 is 39.6. The Morgan fingerprint density at radius 1 is 1.26 bits per heavy atom. The summed E-state index contributed by atoms with van der Waals surface area (Å²) in [5, 5.41) is 0.711. The number of nitrogens with two attached hydrogens (primary N) is 1. The second-order valence-corrected chi connectivity index (χ2v) is 5.76. The van der Waals surface area contributed by atoms with Crippen LogP contribution in [-0.2, 0) is 0 Å². The van der Waals surface area contributed by atoms with Gasteiger partial charge in [0.05, 0.1) is 5.52 Å². The summed E-state index contributed by atoms with van der Waals surface area (Å²) in [4.78, 5) is 17.6. The lowest BCUT2D eigenvalue weighted by atomic mass is 9.97. The first-order valence-electron chi connectivity index (χ1n) is 7.34. The molecule has 122 valence electrons. The summed E-state index contributed by atoms with van der Waals surface area (Å²) in [6.07, 6.45) is -2.73. The smallest absolute Gasteiger partial charge is 0.326 e. The molecule has 1 amide bonds. The number of carbonyl (C=O) groups is 1. The predicted molar refractivity (Wildman–Crippen MR) is 79.8 cm³/mol. The molecule has 0 radical (unpaired) electrons. The van der Waals surface area contributed by atoms with Crippen LogP contribution < -0.4 is 5.73 Å². The number of piperidine rings is 1. The van der Waals surface area contributed by atoms with Gasteiger partial charge in [0.25, 0.3) is 5.91 Å². The van der Waals surface area contributed by atoms with Crippen molar-refractivity contribution in [2.45, 2.75) is 31.1 Å². The zero-order valence-electron chi connectivity index (χ0n) is 12.3. The molecule has 4 nitrogen and oxygen atoms in total. The quantitative estimate of drug-likeness (QED) is 0.878. The molecule has 1 saturated heterocycles. The van der Waals surface area contributed by atoms with Crippen molar-refractivity contribution in [3.8, 4) is 0 Å². The van der Waals surface area contributed by atoms with Crippen LogP contribution >= 0.6 is 0 Å². The zero-order valence-corrected chi connectivity index (χ0v) is 12.3. The van der Waals surface area contributed by atoms with E-state index in [1.807, 2.05) is 0 Å². The highest BCUT2D eigenvalue weighted by atomic mass is 19.4. The van der Waals surface area contributed by atoms with E-state index in [0.717, 1.165) is 4.90 Å². The third-order valence-electron chi connectivity index (χ3n) is 4.11. The molecule has 2 N–H and O–H groups in total. The Hall–Kier alpha value is -2.15. The number of aromatic nitrogens is 1. The van der Waals surface area contributed by atoms with E-state index < -0.39 is 24.2 Å². The number of carbonyl (C=O) groups excluding carboxylic acids is 1. The first kappa shape index (κ1) is 15.7. The Morgan fingerprint density at radius 3 is 2.78 bits per heavy atom. The number of benzene rings is 1. The fraction of sp³-hybridized carbons (Fsp3) is 0.375. The molecule has 1 aliphatic heterocycles. The summed E-state index contributed by atoms with van der Waals surface area (Å²) in [5.41, 5.74) is 6.67. The number of nitrogens with zero attached hydrogens (tertiary/aromatic N) is 2. The van der Waals surface area contributed by atoms with Gasteiger partial charge in [-0.25, -0.2) is 0 Å². The van der Waals surface area contributed by atoms with Crippen molar-refractivity contribution in [1.29, 1.82) is 0 Å². The van der Waals surface area contributed by atoms with E-state index >= 15 is 0 Å². The zero-order chi connectivity index (χ0) is 16.6. The highest BCUT2D eigenvalue weighted by Crippen LogP contribution is 2.32. The summed E-state index contributed by atoms with van der Waals surface area (Å²) in [6.45, 7) is -0.0892. The molecule has 2 heterocycles. The summed E-state index contributed by atoms with van der Waals surface area (Å²) in [7, 11) is 0. The van der Waals surface area contributed by atoms with Gasteiger partial charge >= 0.3 is 6.18 Å². The number of halogens is 3. The van der Waals surface area contributed by atoms with Gasteiger partial charge in [-0.05, 0) is 37.1 Å². The Bertz CT molecular complexity index is 732. The Kier molecular flexibility index (Phi) is 3.97. The monoisotopic (exact) mass is 323 g/mol.